The monoisotopic (exact) mass is 422 g/mol. The number of rotatable bonds is 4. The Hall–Kier alpha value is -2.11. The first-order chi connectivity index (χ1) is 13.3. The lowest BCUT2D eigenvalue weighted by atomic mass is 9.88. The third-order valence-electron chi connectivity index (χ3n) is 5.13. The SMILES string of the molecule is CN(C)C(=O)[C@H]1C[C@@H](NC(=O)c2ccc(Cl)cc2Cl)C[C@@H]1c1ccc(F)cc1. The molecule has 2 aromatic carbocycles. The van der Waals surface area contributed by atoms with Crippen LogP contribution in [0.3, 0.4) is 0 Å². The van der Waals surface area contributed by atoms with Gasteiger partial charge in [0.15, 0.2) is 0 Å². The average molecular weight is 423 g/mol. The summed E-state index contributed by atoms with van der Waals surface area (Å²) in [7, 11) is 3.42. The fourth-order valence-electron chi connectivity index (χ4n) is 3.78. The van der Waals surface area contributed by atoms with Gasteiger partial charge < -0.3 is 10.2 Å². The lowest BCUT2D eigenvalue weighted by Gasteiger charge is -2.22. The van der Waals surface area contributed by atoms with Crippen molar-refractivity contribution in [1.82, 2.24) is 10.2 Å². The number of halogens is 3. The Balaban J connectivity index is 1.80. The largest absolute Gasteiger partial charge is 0.349 e. The Morgan fingerprint density at radius 3 is 2.36 bits per heavy atom. The minimum absolute atomic E-state index is 0.00407. The number of hydrogen-bond donors (Lipinski definition) is 1. The minimum atomic E-state index is -0.320. The zero-order valence-corrected chi connectivity index (χ0v) is 17.1. The van der Waals surface area contributed by atoms with E-state index in [1.165, 1.54) is 18.2 Å². The van der Waals surface area contributed by atoms with Gasteiger partial charge in [-0.2, -0.15) is 0 Å². The molecule has 0 aromatic heterocycles. The van der Waals surface area contributed by atoms with Gasteiger partial charge in [-0.05, 0) is 54.7 Å². The highest BCUT2D eigenvalue weighted by Crippen LogP contribution is 2.41. The predicted molar refractivity (Wildman–Crippen MR) is 108 cm³/mol. The van der Waals surface area contributed by atoms with Gasteiger partial charge in [0.1, 0.15) is 5.82 Å². The van der Waals surface area contributed by atoms with Gasteiger partial charge in [-0.15, -0.1) is 0 Å². The van der Waals surface area contributed by atoms with Crippen molar-refractivity contribution in [2.75, 3.05) is 14.1 Å². The summed E-state index contributed by atoms with van der Waals surface area (Å²) in [5.74, 6) is -1.01. The lowest BCUT2D eigenvalue weighted by molar-refractivity contribution is -0.133. The zero-order chi connectivity index (χ0) is 20.4. The summed E-state index contributed by atoms with van der Waals surface area (Å²) in [6.07, 6.45) is 1.10. The van der Waals surface area contributed by atoms with E-state index < -0.39 is 0 Å². The minimum Gasteiger partial charge on any atom is -0.349 e. The second-order valence-electron chi connectivity index (χ2n) is 7.26. The highest BCUT2D eigenvalue weighted by atomic mass is 35.5. The van der Waals surface area contributed by atoms with E-state index in [0.717, 1.165) is 5.56 Å². The van der Waals surface area contributed by atoms with E-state index in [2.05, 4.69) is 5.32 Å². The number of carbonyl (C=O) groups is 2. The maximum Gasteiger partial charge on any atom is 0.253 e. The molecule has 28 heavy (non-hydrogen) atoms. The van der Waals surface area contributed by atoms with Crippen LogP contribution in [0.1, 0.15) is 34.7 Å². The average Bonchev–Trinajstić information content (AvgIpc) is 3.05. The number of nitrogens with one attached hydrogen (secondary N) is 1. The molecule has 0 aliphatic heterocycles. The molecule has 1 fully saturated rings. The third kappa shape index (κ3) is 4.47. The Morgan fingerprint density at radius 2 is 1.75 bits per heavy atom. The van der Waals surface area contributed by atoms with Crippen molar-refractivity contribution >= 4 is 35.0 Å². The van der Waals surface area contributed by atoms with Crippen molar-refractivity contribution in [3.05, 3.63) is 69.5 Å². The Bertz CT molecular complexity index is 886. The van der Waals surface area contributed by atoms with Crippen LogP contribution in [0.5, 0.6) is 0 Å². The lowest BCUT2D eigenvalue weighted by Crippen LogP contribution is -2.34. The van der Waals surface area contributed by atoms with Gasteiger partial charge in [-0.3, -0.25) is 9.59 Å². The molecule has 1 N–H and O–H groups in total. The van der Waals surface area contributed by atoms with E-state index in [1.807, 2.05) is 0 Å². The zero-order valence-electron chi connectivity index (χ0n) is 15.6. The summed E-state index contributed by atoms with van der Waals surface area (Å²) in [5, 5.41) is 3.71. The van der Waals surface area contributed by atoms with Crippen molar-refractivity contribution in [2.45, 2.75) is 24.8 Å². The quantitative estimate of drug-likeness (QED) is 0.787. The summed E-state index contributed by atoms with van der Waals surface area (Å²) in [6, 6.07) is 10.7. The third-order valence-corrected chi connectivity index (χ3v) is 5.68. The molecule has 0 heterocycles. The number of benzene rings is 2. The van der Waals surface area contributed by atoms with E-state index in [9.17, 15) is 14.0 Å². The molecule has 3 rings (SSSR count). The molecule has 2 amide bonds. The van der Waals surface area contributed by atoms with Crippen molar-refractivity contribution in [3.63, 3.8) is 0 Å². The van der Waals surface area contributed by atoms with Crippen LogP contribution in [0.2, 0.25) is 10.0 Å². The second-order valence-corrected chi connectivity index (χ2v) is 8.11. The van der Waals surface area contributed by atoms with E-state index in [1.54, 1.807) is 43.3 Å². The Kier molecular flexibility index (Phi) is 6.26. The first-order valence-corrected chi connectivity index (χ1v) is 9.74. The van der Waals surface area contributed by atoms with Gasteiger partial charge in [0.05, 0.1) is 10.6 Å². The summed E-state index contributed by atoms with van der Waals surface area (Å²) in [6.45, 7) is 0. The van der Waals surface area contributed by atoms with Crippen LogP contribution in [-0.4, -0.2) is 36.9 Å². The molecule has 2 aromatic rings. The van der Waals surface area contributed by atoms with Gasteiger partial charge >= 0.3 is 0 Å². The van der Waals surface area contributed by atoms with Gasteiger partial charge in [0.25, 0.3) is 5.91 Å². The fraction of sp³-hybridized carbons (Fsp3) is 0.333. The van der Waals surface area contributed by atoms with Crippen LogP contribution in [0, 0.1) is 11.7 Å². The summed E-state index contributed by atoms with van der Waals surface area (Å²) < 4.78 is 13.3. The van der Waals surface area contributed by atoms with Crippen molar-refractivity contribution in [1.29, 1.82) is 0 Å². The molecule has 148 valence electrons. The molecule has 1 saturated carbocycles. The molecule has 0 spiro atoms. The van der Waals surface area contributed by atoms with E-state index >= 15 is 0 Å². The van der Waals surface area contributed by atoms with E-state index in [0.29, 0.717) is 23.4 Å². The molecule has 3 atom stereocenters. The van der Waals surface area contributed by atoms with Crippen LogP contribution in [0.4, 0.5) is 4.39 Å². The first-order valence-electron chi connectivity index (χ1n) is 8.98. The van der Waals surface area contributed by atoms with E-state index in [-0.39, 0.29) is 40.5 Å². The molecule has 1 aliphatic rings. The smallest absolute Gasteiger partial charge is 0.253 e. The Morgan fingerprint density at radius 1 is 1.07 bits per heavy atom. The number of nitrogens with zero attached hydrogens (tertiary/aromatic N) is 1. The molecular formula is C21H21Cl2FN2O2. The molecule has 0 bridgehead atoms. The van der Waals surface area contributed by atoms with Crippen molar-refractivity contribution in [2.24, 2.45) is 5.92 Å². The summed E-state index contributed by atoms with van der Waals surface area (Å²) in [5.41, 5.74) is 1.23. The maximum absolute atomic E-state index is 13.3. The summed E-state index contributed by atoms with van der Waals surface area (Å²) >= 11 is 12.0. The van der Waals surface area contributed by atoms with Gasteiger partial charge in [-0.1, -0.05) is 35.3 Å². The molecular weight excluding hydrogens is 402 g/mol. The van der Waals surface area contributed by atoms with Gasteiger partial charge in [-0.25, -0.2) is 4.39 Å². The predicted octanol–water partition coefficient (Wildman–Crippen LogP) is 4.51. The maximum atomic E-state index is 13.3. The number of amides is 2. The van der Waals surface area contributed by atoms with Gasteiger partial charge in [0, 0.05) is 31.1 Å². The van der Waals surface area contributed by atoms with Crippen LogP contribution in [0.15, 0.2) is 42.5 Å². The summed E-state index contributed by atoms with van der Waals surface area (Å²) in [4.78, 5) is 26.9. The van der Waals surface area contributed by atoms with Gasteiger partial charge in [0.2, 0.25) is 5.91 Å². The topological polar surface area (TPSA) is 49.4 Å². The van der Waals surface area contributed by atoms with Crippen LogP contribution in [-0.2, 0) is 4.79 Å². The Labute approximate surface area is 173 Å². The second kappa shape index (κ2) is 8.50. The van der Waals surface area contributed by atoms with Crippen LogP contribution < -0.4 is 5.32 Å². The molecule has 0 unspecified atom stereocenters. The van der Waals surface area contributed by atoms with E-state index in [4.69, 9.17) is 23.2 Å². The van der Waals surface area contributed by atoms with Crippen molar-refractivity contribution in [3.8, 4) is 0 Å². The number of carbonyl (C=O) groups excluding carboxylic acids is 2. The molecule has 1 aliphatic carbocycles. The molecule has 0 radical (unpaired) electrons. The molecule has 4 nitrogen and oxygen atoms in total. The number of hydrogen-bond acceptors (Lipinski definition) is 2. The standard InChI is InChI=1S/C21H21Cl2FN2O2/c1-26(2)21(28)18-11-15(10-17(18)12-3-6-14(24)7-4-12)25-20(27)16-8-5-13(22)9-19(16)23/h3-9,15,17-18H,10-11H2,1-2H3,(H,25,27)/t15-,17+,18-/m0/s1. The first kappa shape index (κ1) is 20.6. The van der Waals surface area contributed by atoms with Crippen LogP contribution in [0.25, 0.3) is 0 Å². The fourth-order valence-corrected chi connectivity index (χ4v) is 4.27. The molecule has 0 saturated heterocycles. The van der Waals surface area contributed by atoms with Crippen LogP contribution >= 0.6 is 23.2 Å². The highest BCUT2D eigenvalue weighted by molar-refractivity contribution is 6.36. The molecule has 7 heteroatoms. The normalized spacial score (nSPS) is 21.4. The highest BCUT2D eigenvalue weighted by Gasteiger charge is 2.40. The van der Waals surface area contributed by atoms with Crippen molar-refractivity contribution < 1.29 is 14.0 Å².